The molecule has 0 unspecified atom stereocenters. The van der Waals surface area contributed by atoms with E-state index in [0.717, 1.165) is 18.4 Å². The Labute approximate surface area is 197 Å². The van der Waals surface area contributed by atoms with E-state index in [1.165, 1.54) is 10.6 Å². The first-order chi connectivity index (χ1) is 16.5. The number of hydrogen-bond donors (Lipinski definition) is 3. The Morgan fingerprint density at radius 3 is 2.74 bits per heavy atom. The van der Waals surface area contributed by atoms with E-state index >= 15 is 0 Å². The van der Waals surface area contributed by atoms with Crippen molar-refractivity contribution in [2.24, 2.45) is 4.99 Å². The van der Waals surface area contributed by atoms with Crippen LogP contribution in [0.15, 0.2) is 64.2 Å². The number of likely N-dealkylation sites (N-methyl/N-ethyl adjacent to an activating group) is 1. The van der Waals surface area contributed by atoms with Crippen LogP contribution in [0.3, 0.4) is 0 Å². The molecule has 1 aliphatic carbocycles. The van der Waals surface area contributed by atoms with Crippen LogP contribution in [0.1, 0.15) is 29.9 Å². The second-order valence-corrected chi connectivity index (χ2v) is 8.20. The topological polar surface area (TPSA) is 91.5 Å². The Balaban J connectivity index is 1.79. The van der Waals surface area contributed by atoms with Gasteiger partial charge < -0.3 is 15.4 Å². The van der Waals surface area contributed by atoms with Crippen molar-refractivity contribution in [1.29, 1.82) is 5.41 Å². The average Bonchev–Trinajstić information content (AvgIpc) is 3.69. The maximum atomic E-state index is 14.9. The highest BCUT2D eigenvalue weighted by Gasteiger charge is 2.25. The molecule has 34 heavy (non-hydrogen) atoms. The number of nitrogens with one attached hydrogen (secondary N) is 3. The number of pyridine rings is 1. The zero-order valence-corrected chi connectivity index (χ0v) is 19.3. The highest BCUT2D eigenvalue weighted by Crippen LogP contribution is 2.41. The van der Waals surface area contributed by atoms with Crippen molar-refractivity contribution in [2.45, 2.75) is 18.8 Å². The van der Waals surface area contributed by atoms with Gasteiger partial charge in [0.1, 0.15) is 12.4 Å². The van der Waals surface area contributed by atoms with Crippen LogP contribution in [0.4, 0.5) is 4.39 Å². The molecule has 0 amide bonds. The first-order valence-corrected chi connectivity index (χ1v) is 11.2. The Kier molecular flexibility index (Phi) is 6.88. The molecule has 0 saturated heterocycles. The molecule has 0 aliphatic heterocycles. The average molecular weight is 462 g/mol. The lowest BCUT2D eigenvalue weighted by Gasteiger charge is -2.17. The van der Waals surface area contributed by atoms with Crippen LogP contribution in [0.2, 0.25) is 0 Å². The van der Waals surface area contributed by atoms with Crippen LogP contribution >= 0.6 is 0 Å². The van der Waals surface area contributed by atoms with Crippen LogP contribution in [-0.4, -0.2) is 44.4 Å². The number of aliphatic imine (C=N–C) groups is 1. The number of fused-ring (bicyclic) bond motifs is 1. The number of hydrogen-bond acceptors (Lipinski definition) is 5. The van der Waals surface area contributed by atoms with Gasteiger partial charge in [-0.1, -0.05) is 18.2 Å². The zero-order valence-electron chi connectivity index (χ0n) is 19.3. The second-order valence-electron chi connectivity index (χ2n) is 8.20. The van der Waals surface area contributed by atoms with E-state index in [1.54, 1.807) is 37.5 Å². The summed E-state index contributed by atoms with van der Waals surface area (Å²) >= 11 is 0. The molecular formula is C26H28FN5O2. The molecule has 3 aromatic rings. The Morgan fingerprint density at radius 1 is 1.26 bits per heavy atom. The summed E-state index contributed by atoms with van der Waals surface area (Å²) in [5, 5.41) is 14.9. The van der Waals surface area contributed by atoms with Gasteiger partial charge >= 0.3 is 0 Å². The minimum absolute atomic E-state index is 0.0791. The molecule has 3 N–H and O–H groups in total. The van der Waals surface area contributed by atoms with Gasteiger partial charge in [0, 0.05) is 31.0 Å². The fraction of sp³-hybridized carbons (Fsp3) is 0.269. The number of rotatable bonds is 9. The molecule has 4 rings (SSSR count). The smallest absolute Gasteiger partial charge is 0.265 e. The molecule has 1 aromatic heterocycles. The van der Waals surface area contributed by atoms with Gasteiger partial charge in [0.05, 0.1) is 11.1 Å². The number of aromatic nitrogens is 1. The first kappa shape index (κ1) is 23.4. The third-order valence-corrected chi connectivity index (χ3v) is 5.89. The molecule has 0 radical (unpaired) electrons. The molecule has 1 saturated carbocycles. The van der Waals surface area contributed by atoms with Gasteiger partial charge in [0.15, 0.2) is 11.6 Å². The maximum Gasteiger partial charge on any atom is 0.265 e. The normalized spacial score (nSPS) is 14.0. The fourth-order valence-electron chi connectivity index (χ4n) is 3.99. The summed E-state index contributed by atoms with van der Waals surface area (Å²) in [6, 6.07) is 12.4. The van der Waals surface area contributed by atoms with Crippen LogP contribution in [-0.2, 0) is 4.74 Å². The lowest BCUT2D eigenvalue weighted by molar-refractivity contribution is 0.233. The Hall–Kier alpha value is -3.78. The van der Waals surface area contributed by atoms with Gasteiger partial charge in [-0.15, -0.1) is 0 Å². The van der Waals surface area contributed by atoms with Gasteiger partial charge in [0.25, 0.3) is 5.56 Å². The monoisotopic (exact) mass is 461 g/mol. The van der Waals surface area contributed by atoms with E-state index in [4.69, 9.17) is 10.1 Å². The molecule has 1 heterocycles. The van der Waals surface area contributed by atoms with E-state index in [1.807, 2.05) is 19.2 Å². The highest BCUT2D eigenvalue weighted by molar-refractivity contribution is 6.03. The number of ether oxygens (including phenoxy) is 1. The van der Waals surface area contributed by atoms with Crippen LogP contribution in [0, 0.1) is 11.2 Å². The molecule has 1 fully saturated rings. The number of halogens is 1. The van der Waals surface area contributed by atoms with E-state index in [2.05, 4.69) is 22.3 Å². The van der Waals surface area contributed by atoms with Gasteiger partial charge in [0.2, 0.25) is 0 Å². The van der Waals surface area contributed by atoms with Crippen molar-refractivity contribution >= 4 is 29.0 Å². The number of nitrogens with zero attached hydrogens (tertiary/aromatic N) is 2. The summed E-state index contributed by atoms with van der Waals surface area (Å²) < 4.78 is 22.2. The van der Waals surface area contributed by atoms with Crippen molar-refractivity contribution in [3.8, 4) is 5.69 Å². The molecule has 1 aliphatic rings. The predicted octanol–water partition coefficient (Wildman–Crippen LogP) is 3.81. The summed E-state index contributed by atoms with van der Waals surface area (Å²) in [6.45, 7) is 4.36. The van der Waals surface area contributed by atoms with Crippen LogP contribution in [0.5, 0.6) is 0 Å². The van der Waals surface area contributed by atoms with Crippen molar-refractivity contribution in [3.05, 3.63) is 81.7 Å². The Morgan fingerprint density at radius 2 is 2.06 bits per heavy atom. The van der Waals surface area contributed by atoms with E-state index < -0.39 is 11.4 Å². The lowest BCUT2D eigenvalue weighted by Crippen LogP contribution is -2.20. The molecule has 176 valence electrons. The van der Waals surface area contributed by atoms with E-state index in [-0.39, 0.29) is 17.0 Å². The van der Waals surface area contributed by atoms with E-state index in [9.17, 15) is 9.18 Å². The molecular weight excluding hydrogens is 433 g/mol. The standard InChI is InChI=1S/C26H28FN5O2/c1-29-10-12-34-24(25(28)31-3)23(30-2)18-5-4-6-20(14-18)32-11-9-17-13-19(16-7-8-16)15-21(27)22(17)26(32)33/h4-6,9,11,13-16,28-30H,3,7-8,10,12H2,1-2H3. The number of amidine groups is 1. The Bertz CT molecular complexity index is 1340. The summed E-state index contributed by atoms with van der Waals surface area (Å²) in [6.07, 6.45) is 3.80. The number of benzene rings is 2. The quantitative estimate of drug-likeness (QED) is 0.196. The summed E-state index contributed by atoms with van der Waals surface area (Å²) in [7, 11) is 3.53. The summed E-state index contributed by atoms with van der Waals surface area (Å²) in [5.41, 5.74) is 2.32. The zero-order chi connectivity index (χ0) is 24.2. The molecule has 8 heteroatoms. The van der Waals surface area contributed by atoms with Gasteiger partial charge in [-0.25, -0.2) is 9.38 Å². The SMILES string of the molecule is C=NC(=N)C(OCCNC)=C(NC)c1cccc(-n2ccc3cc(C4CC4)cc(F)c3c2=O)c1. The van der Waals surface area contributed by atoms with Crippen LogP contribution in [0.25, 0.3) is 22.2 Å². The third kappa shape index (κ3) is 4.63. The molecule has 0 bridgehead atoms. The van der Waals surface area contributed by atoms with Crippen molar-refractivity contribution < 1.29 is 9.13 Å². The van der Waals surface area contributed by atoms with Crippen molar-refractivity contribution in [1.82, 2.24) is 15.2 Å². The second kappa shape index (κ2) is 10.0. The molecule has 7 nitrogen and oxygen atoms in total. The molecule has 2 aromatic carbocycles. The lowest BCUT2D eigenvalue weighted by atomic mass is 10.0. The molecule has 0 spiro atoms. The van der Waals surface area contributed by atoms with Crippen molar-refractivity contribution in [2.75, 3.05) is 27.2 Å². The predicted molar refractivity (Wildman–Crippen MR) is 135 cm³/mol. The highest BCUT2D eigenvalue weighted by atomic mass is 19.1. The molecule has 0 atom stereocenters. The first-order valence-electron chi connectivity index (χ1n) is 11.2. The maximum absolute atomic E-state index is 14.9. The fourth-order valence-corrected chi connectivity index (χ4v) is 3.99. The van der Waals surface area contributed by atoms with Crippen molar-refractivity contribution in [3.63, 3.8) is 0 Å². The van der Waals surface area contributed by atoms with Gasteiger partial charge in [-0.2, -0.15) is 0 Å². The minimum atomic E-state index is -0.489. The summed E-state index contributed by atoms with van der Waals surface area (Å²) in [5.74, 6) is 0.0474. The largest absolute Gasteiger partial charge is 0.486 e. The van der Waals surface area contributed by atoms with E-state index in [0.29, 0.717) is 41.4 Å². The minimum Gasteiger partial charge on any atom is -0.486 e. The van der Waals surface area contributed by atoms with Gasteiger partial charge in [-0.3, -0.25) is 14.8 Å². The van der Waals surface area contributed by atoms with Gasteiger partial charge in [-0.05, 0) is 67.7 Å². The van der Waals surface area contributed by atoms with Crippen LogP contribution < -0.4 is 16.2 Å². The summed E-state index contributed by atoms with van der Waals surface area (Å²) in [4.78, 5) is 17.0. The third-order valence-electron chi connectivity index (χ3n) is 5.89.